The molecule has 1 rings (SSSR count). The van der Waals surface area contributed by atoms with Crippen LogP contribution in [0.2, 0.25) is 0 Å². The van der Waals surface area contributed by atoms with Gasteiger partial charge in [-0.05, 0) is 12.8 Å². The molecule has 0 spiro atoms. The number of rotatable bonds is 2. The van der Waals surface area contributed by atoms with E-state index in [1.54, 1.807) is 0 Å². The number of hydrogen-bond donors (Lipinski definition) is 0. The lowest BCUT2D eigenvalue weighted by Gasteiger charge is -2.16. The molecule has 0 N–H and O–H groups in total. The molecule has 1 aliphatic heterocycles. The molecular weight excluding hydrogens is 170 g/mol. The number of imide groups is 1. The lowest BCUT2D eigenvalue weighted by molar-refractivity contribution is -0.129. The molecular formula is C9H15NO3. The maximum atomic E-state index is 11.5. The molecule has 1 atom stereocenters. The summed E-state index contributed by atoms with van der Waals surface area (Å²) in [7, 11) is 0. The van der Waals surface area contributed by atoms with Crippen LogP contribution in [-0.2, 0) is 9.53 Å². The van der Waals surface area contributed by atoms with Crippen LogP contribution in [-0.4, -0.2) is 29.5 Å². The number of cyclic esters (lactones) is 1. The van der Waals surface area contributed by atoms with Gasteiger partial charge in [-0.3, -0.25) is 4.79 Å². The molecule has 0 aromatic heterocycles. The number of carbonyl (C=O) groups excluding carboxylic acids is 2. The van der Waals surface area contributed by atoms with Crippen LogP contribution in [0.4, 0.5) is 4.79 Å². The first-order chi connectivity index (χ1) is 6.02. The average molecular weight is 185 g/mol. The summed E-state index contributed by atoms with van der Waals surface area (Å²) in [5.41, 5.74) is 0. The van der Waals surface area contributed by atoms with Crippen molar-refractivity contribution in [2.24, 2.45) is 5.92 Å². The summed E-state index contributed by atoms with van der Waals surface area (Å²) >= 11 is 0. The molecule has 1 heterocycles. The number of carbonyl (C=O) groups is 2. The number of amides is 2. The normalized spacial score (nSPS) is 22.3. The molecule has 74 valence electrons. The van der Waals surface area contributed by atoms with Gasteiger partial charge in [0, 0.05) is 6.42 Å². The third-order valence-electron chi connectivity index (χ3n) is 1.94. The first-order valence-corrected chi connectivity index (χ1v) is 4.51. The first-order valence-electron chi connectivity index (χ1n) is 4.51. The van der Waals surface area contributed by atoms with E-state index in [0.717, 1.165) is 0 Å². The van der Waals surface area contributed by atoms with Gasteiger partial charge in [0.25, 0.3) is 0 Å². The van der Waals surface area contributed by atoms with Gasteiger partial charge in [0.2, 0.25) is 5.91 Å². The topological polar surface area (TPSA) is 46.6 Å². The van der Waals surface area contributed by atoms with Gasteiger partial charge in [0.05, 0.1) is 6.04 Å². The minimum absolute atomic E-state index is 0.112. The van der Waals surface area contributed by atoms with Crippen LogP contribution in [0.1, 0.15) is 27.2 Å². The van der Waals surface area contributed by atoms with Crippen molar-refractivity contribution in [3.05, 3.63) is 0 Å². The third-order valence-corrected chi connectivity index (χ3v) is 1.94. The van der Waals surface area contributed by atoms with Crippen molar-refractivity contribution >= 4 is 12.0 Å². The Hall–Kier alpha value is -1.06. The van der Waals surface area contributed by atoms with E-state index < -0.39 is 6.09 Å². The lowest BCUT2D eigenvalue weighted by Crippen LogP contribution is -2.37. The van der Waals surface area contributed by atoms with Crippen LogP contribution < -0.4 is 0 Å². The zero-order valence-corrected chi connectivity index (χ0v) is 8.24. The minimum Gasteiger partial charge on any atom is -0.447 e. The maximum absolute atomic E-state index is 11.5. The number of ether oxygens (including phenoxy) is 1. The fraction of sp³-hybridized carbons (Fsp3) is 0.778. The summed E-state index contributed by atoms with van der Waals surface area (Å²) in [5.74, 6) is 0.137. The van der Waals surface area contributed by atoms with Crippen molar-refractivity contribution in [1.82, 2.24) is 4.90 Å². The van der Waals surface area contributed by atoms with Gasteiger partial charge in [0.1, 0.15) is 6.61 Å². The van der Waals surface area contributed by atoms with Crippen LogP contribution in [0.3, 0.4) is 0 Å². The molecule has 1 fully saturated rings. The first kappa shape index (κ1) is 10.0. The Morgan fingerprint density at radius 3 is 2.69 bits per heavy atom. The summed E-state index contributed by atoms with van der Waals surface area (Å²) in [4.78, 5) is 23.8. The summed E-state index contributed by atoms with van der Waals surface area (Å²) in [6, 6.07) is -0.112. The fourth-order valence-corrected chi connectivity index (χ4v) is 1.31. The molecule has 1 aliphatic rings. The number of nitrogens with zero attached hydrogens (tertiary/aromatic N) is 1. The highest BCUT2D eigenvalue weighted by Crippen LogP contribution is 2.15. The Morgan fingerprint density at radius 1 is 1.69 bits per heavy atom. The third kappa shape index (κ3) is 2.20. The second-order valence-corrected chi connectivity index (χ2v) is 3.79. The van der Waals surface area contributed by atoms with E-state index in [1.165, 1.54) is 4.90 Å². The highest BCUT2D eigenvalue weighted by Gasteiger charge is 2.34. The van der Waals surface area contributed by atoms with Gasteiger partial charge >= 0.3 is 6.09 Å². The molecule has 0 aromatic carbocycles. The second kappa shape index (κ2) is 3.77. The van der Waals surface area contributed by atoms with Crippen LogP contribution in [0.15, 0.2) is 0 Å². The number of hydrogen-bond acceptors (Lipinski definition) is 3. The molecule has 13 heavy (non-hydrogen) atoms. The van der Waals surface area contributed by atoms with E-state index >= 15 is 0 Å². The highest BCUT2D eigenvalue weighted by atomic mass is 16.6. The molecule has 2 amide bonds. The largest absolute Gasteiger partial charge is 0.447 e. The fourth-order valence-electron chi connectivity index (χ4n) is 1.31. The Labute approximate surface area is 77.8 Å². The highest BCUT2D eigenvalue weighted by molar-refractivity contribution is 5.93. The van der Waals surface area contributed by atoms with E-state index in [4.69, 9.17) is 4.74 Å². The van der Waals surface area contributed by atoms with Crippen molar-refractivity contribution in [3.8, 4) is 0 Å². The van der Waals surface area contributed by atoms with E-state index in [0.29, 0.717) is 13.0 Å². The minimum atomic E-state index is -0.502. The molecule has 0 aromatic rings. The molecule has 4 heteroatoms. The predicted octanol–water partition coefficient (Wildman–Crippen LogP) is 1.40. The molecule has 4 nitrogen and oxygen atoms in total. The van der Waals surface area contributed by atoms with Crippen molar-refractivity contribution < 1.29 is 14.3 Å². The van der Waals surface area contributed by atoms with E-state index in [2.05, 4.69) is 0 Å². The standard InChI is InChI=1S/C9H15NO3/c1-6(2)4-8(11)10-7(3)5-13-9(10)12/h6-7H,4-5H2,1-3H3/t7-/m0/s1. The lowest BCUT2D eigenvalue weighted by atomic mass is 10.1. The Kier molecular flexibility index (Phi) is 2.90. The quantitative estimate of drug-likeness (QED) is 0.653. The van der Waals surface area contributed by atoms with Gasteiger partial charge in [-0.25, -0.2) is 9.69 Å². The monoisotopic (exact) mass is 185 g/mol. The van der Waals surface area contributed by atoms with Gasteiger partial charge in [0.15, 0.2) is 0 Å². The molecule has 0 bridgehead atoms. The summed E-state index contributed by atoms with van der Waals surface area (Å²) in [5, 5.41) is 0. The van der Waals surface area contributed by atoms with Crippen molar-refractivity contribution in [2.75, 3.05) is 6.61 Å². The average Bonchev–Trinajstić information content (AvgIpc) is 2.29. The Balaban J connectivity index is 2.59. The smallest absolute Gasteiger partial charge is 0.416 e. The summed E-state index contributed by atoms with van der Waals surface area (Å²) in [6.45, 7) is 6.03. The molecule has 0 radical (unpaired) electrons. The molecule has 0 unspecified atom stereocenters. The zero-order valence-electron chi connectivity index (χ0n) is 8.24. The maximum Gasteiger partial charge on any atom is 0.416 e. The van der Waals surface area contributed by atoms with Gasteiger partial charge in [-0.1, -0.05) is 13.8 Å². The van der Waals surface area contributed by atoms with E-state index in [1.807, 2.05) is 20.8 Å². The Bertz CT molecular complexity index is 225. The molecule has 1 saturated heterocycles. The van der Waals surface area contributed by atoms with Crippen LogP contribution in [0, 0.1) is 5.92 Å². The second-order valence-electron chi connectivity index (χ2n) is 3.79. The zero-order chi connectivity index (χ0) is 10.0. The van der Waals surface area contributed by atoms with E-state index in [9.17, 15) is 9.59 Å². The van der Waals surface area contributed by atoms with E-state index in [-0.39, 0.29) is 17.9 Å². The van der Waals surface area contributed by atoms with Gasteiger partial charge in [-0.15, -0.1) is 0 Å². The van der Waals surface area contributed by atoms with Crippen LogP contribution >= 0.6 is 0 Å². The van der Waals surface area contributed by atoms with Crippen molar-refractivity contribution in [2.45, 2.75) is 33.2 Å². The SMILES string of the molecule is CC(C)CC(=O)N1C(=O)OC[C@@H]1C. The van der Waals surface area contributed by atoms with Crippen molar-refractivity contribution in [1.29, 1.82) is 0 Å². The summed E-state index contributed by atoms with van der Waals surface area (Å²) < 4.78 is 4.75. The predicted molar refractivity (Wildman–Crippen MR) is 47.1 cm³/mol. The summed E-state index contributed by atoms with van der Waals surface area (Å²) in [6.07, 6.45) is -0.0995. The molecule has 0 aliphatic carbocycles. The Morgan fingerprint density at radius 2 is 2.31 bits per heavy atom. The van der Waals surface area contributed by atoms with Crippen LogP contribution in [0.5, 0.6) is 0 Å². The molecule has 0 saturated carbocycles. The van der Waals surface area contributed by atoms with Gasteiger partial charge in [-0.2, -0.15) is 0 Å². The van der Waals surface area contributed by atoms with Gasteiger partial charge < -0.3 is 4.74 Å². The van der Waals surface area contributed by atoms with Crippen LogP contribution in [0.25, 0.3) is 0 Å². The van der Waals surface area contributed by atoms with Crippen molar-refractivity contribution in [3.63, 3.8) is 0 Å².